The molecule has 1 aromatic rings. The van der Waals surface area contributed by atoms with Crippen LogP contribution in [0.2, 0.25) is 0 Å². The molecule has 3 heteroatoms. The molecule has 1 heterocycles. The lowest BCUT2D eigenvalue weighted by Crippen LogP contribution is -2.09. The normalized spacial score (nSPS) is 27.5. The van der Waals surface area contributed by atoms with E-state index in [-0.39, 0.29) is 0 Å². The summed E-state index contributed by atoms with van der Waals surface area (Å²) in [4.78, 5) is 1.54. The van der Waals surface area contributed by atoms with Crippen LogP contribution in [-0.2, 0) is 0 Å². The average Bonchev–Trinajstić information content (AvgIpc) is 2.67. The van der Waals surface area contributed by atoms with E-state index in [1.165, 1.54) is 16.8 Å². The minimum atomic E-state index is 0.841. The van der Waals surface area contributed by atoms with E-state index in [1.807, 2.05) is 18.4 Å². The second-order valence-corrected chi connectivity index (χ2v) is 5.80. The summed E-state index contributed by atoms with van der Waals surface area (Å²) in [5.74, 6) is 1.73. The zero-order valence-electron chi connectivity index (χ0n) is 7.01. The van der Waals surface area contributed by atoms with Crippen LogP contribution in [0.1, 0.15) is 17.2 Å². The summed E-state index contributed by atoms with van der Waals surface area (Å²) in [6.07, 6.45) is 1.37. The number of rotatable bonds is 3. The van der Waals surface area contributed by atoms with Gasteiger partial charge in [-0.05, 0) is 59.9 Å². The lowest BCUT2D eigenvalue weighted by atomic mass is 10.3. The first-order valence-corrected chi connectivity index (χ1v) is 5.82. The maximum absolute atomic E-state index is 3.49. The molecule has 0 bridgehead atoms. The Morgan fingerprint density at radius 2 is 2.50 bits per heavy atom. The van der Waals surface area contributed by atoms with Crippen molar-refractivity contribution in [3.8, 4) is 0 Å². The zero-order valence-corrected chi connectivity index (χ0v) is 9.41. The third-order valence-electron chi connectivity index (χ3n) is 2.35. The van der Waals surface area contributed by atoms with Crippen molar-refractivity contribution in [3.63, 3.8) is 0 Å². The van der Waals surface area contributed by atoms with Gasteiger partial charge in [0.05, 0.1) is 3.79 Å². The molecule has 0 spiro atoms. The molecular formula is C9H12BrNS. The van der Waals surface area contributed by atoms with Crippen molar-refractivity contribution in [3.05, 3.63) is 20.8 Å². The molecular weight excluding hydrogens is 234 g/mol. The fourth-order valence-electron chi connectivity index (χ4n) is 1.61. The number of nitrogens with one attached hydrogen (secondary N) is 1. The van der Waals surface area contributed by atoms with Crippen molar-refractivity contribution in [1.82, 2.24) is 5.32 Å². The topological polar surface area (TPSA) is 12.0 Å². The Balaban J connectivity index is 1.96. The molecule has 1 nitrogen and oxygen atoms in total. The highest BCUT2D eigenvalue weighted by molar-refractivity contribution is 9.11. The van der Waals surface area contributed by atoms with Crippen LogP contribution in [0.3, 0.4) is 0 Å². The average molecular weight is 246 g/mol. The molecule has 2 unspecified atom stereocenters. The number of halogens is 1. The first-order chi connectivity index (χ1) is 5.81. The van der Waals surface area contributed by atoms with E-state index in [1.54, 1.807) is 4.88 Å². The molecule has 1 saturated carbocycles. The van der Waals surface area contributed by atoms with Crippen LogP contribution >= 0.6 is 27.3 Å². The monoisotopic (exact) mass is 245 g/mol. The maximum atomic E-state index is 3.49. The van der Waals surface area contributed by atoms with Crippen LogP contribution in [0, 0.1) is 5.92 Å². The molecule has 1 N–H and O–H groups in total. The van der Waals surface area contributed by atoms with Crippen LogP contribution < -0.4 is 5.32 Å². The van der Waals surface area contributed by atoms with Crippen molar-refractivity contribution in [1.29, 1.82) is 0 Å². The minimum absolute atomic E-state index is 0.841. The van der Waals surface area contributed by atoms with Crippen molar-refractivity contribution in [2.24, 2.45) is 5.92 Å². The molecule has 12 heavy (non-hydrogen) atoms. The maximum Gasteiger partial charge on any atom is 0.0701 e. The van der Waals surface area contributed by atoms with Gasteiger partial charge in [-0.3, -0.25) is 0 Å². The van der Waals surface area contributed by atoms with Gasteiger partial charge in [0.1, 0.15) is 0 Å². The van der Waals surface area contributed by atoms with Crippen molar-refractivity contribution in [2.45, 2.75) is 12.3 Å². The molecule has 1 aliphatic rings. The summed E-state index contributed by atoms with van der Waals surface area (Å²) in [7, 11) is 2.03. The molecule has 0 aliphatic heterocycles. The van der Waals surface area contributed by atoms with Gasteiger partial charge in [-0.15, -0.1) is 11.3 Å². The lowest BCUT2D eigenvalue weighted by Gasteiger charge is -1.94. The Hall–Kier alpha value is 0.140. The smallest absolute Gasteiger partial charge is 0.0701 e. The lowest BCUT2D eigenvalue weighted by molar-refractivity contribution is 0.700. The standard InChI is InChI=1S/C9H12BrNS/c1-11-5-6-4-7(6)8-2-3-9(10)12-8/h2-3,6-7,11H,4-5H2,1H3. The van der Waals surface area contributed by atoms with Crippen molar-refractivity contribution < 1.29 is 0 Å². The van der Waals surface area contributed by atoms with Gasteiger partial charge in [0.2, 0.25) is 0 Å². The van der Waals surface area contributed by atoms with Gasteiger partial charge in [-0.1, -0.05) is 0 Å². The summed E-state index contributed by atoms with van der Waals surface area (Å²) in [5, 5.41) is 3.23. The second-order valence-electron chi connectivity index (χ2n) is 3.30. The molecule has 2 atom stereocenters. The molecule has 0 radical (unpaired) electrons. The molecule has 1 aliphatic carbocycles. The first kappa shape index (κ1) is 8.73. The van der Waals surface area contributed by atoms with Gasteiger partial charge in [0, 0.05) is 4.88 Å². The quantitative estimate of drug-likeness (QED) is 0.864. The highest BCUT2D eigenvalue weighted by atomic mass is 79.9. The Morgan fingerprint density at radius 3 is 3.08 bits per heavy atom. The number of thiophene rings is 1. The molecule has 2 rings (SSSR count). The van der Waals surface area contributed by atoms with Crippen LogP contribution in [0.15, 0.2) is 15.9 Å². The molecule has 0 aromatic carbocycles. The molecule has 0 saturated heterocycles. The van der Waals surface area contributed by atoms with Gasteiger partial charge in [-0.25, -0.2) is 0 Å². The van der Waals surface area contributed by atoms with Crippen LogP contribution in [0.5, 0.6) is 0 Å². The Kier molecular flexibility index (Phi) is 2.53. The van der Waals surface area contributed by atoms with E-state index < -0.39 is 0 Å². The largest absolute Gasteiger partial charge is 0.319 e. The molecule has 66 valence electrons. The second kappa shape index (κ2) is 3.48. The Labute approximate surface area is 85.3 Å². The van der Waals surface area contributed by atoms with E-state index in [4.69, 9.17) is 0 Å². The van der Waals surface area contributed by atoms with Crippen molar-refractivity contribution in [2.75, 3.05) is 13.6 Å². The van der Waals surface area contributed by atoms with E-state index in [9.17, 15) is 0 Å². The molecule has 1 fully saturated rings. The summed E-state index contributed by atoms with van der Waals surface area (Å²) in [6, 6.07) is 4.39. The fraction of sp³-hybridized carbons (Fsp3) is 0.556. The number of hydrogen-bond donors (Lipinski definition) is 1. The van der Waals surface area contributed by atoms with Gasteiger partial charge in [0.15, 0.2) is 0 Å². The van der Waals surface area contributed by atoms with E-state index in [2.05, 4.69) is 33.4 Å². The third kappa shape index (κ3) is 1.73. The Bertz CT molecular complexity index is 271. The molecule has 0 amide bonds. The van der Waals surface area contributed by atoms with E-state index in [0.29, 0.717) is 0 Å². The Morgan fingerprint density at radius 1 is 1.67 bits per heavy atom. The third-order valence-corrected chi connectivity index (χ3v) is 4.10. The summed E-state index contributed by atoms with van der Waals surface area (Å²) >= 11 is 5.37. The molecule has 1 aromatic heterocycles. The van der Waals surface area contributed by atoms with Gasteiger partial charge in [0.25, 0.3) is 0 Å². The van der Waals surface area contributed by atoms with Crippen LogP contribution in [0.25, 0.3) is 0 Å². The van der Waals surface area contributed by atoms with Gasteiger partial charge < -0.3 is 5.32 Å². The summed E-state index contributed by atoms with van der Waals surface area (Å²) in [6.45, 7) is 1.17. The zero-order chi connectivity index (χ0) is 8.55. The van der Waals surface area contributed by atoms with E-state index >= 15 is 0 Å². The minimum Gasteiger partial charge on any atom is -0.319 e. The number of hydrogen-bond acceptors (Lipinski definition) is 2. The highest BCUT2D eigenvalue weighted by Crippen LogP contribution is 2.49. The summed E-state index contributed by atoms with van der Waals surface area (Å²) < 4.78 is 1.26. The highest BCUT2D eigenvalue weighted by Gasteiger charge is 2.38. The fourth-order valence-corrected chi connectivity index (χ4v) is 3.24. The SMILES string of the molecule is CNCC1CC1c1ccc(Br)s1. The van der Waals surface area contributed by atoms with Crippen molar-refractivity contribution >= 4 is 27.3 Å². The van der Waals surface area contributed by atoms with Crippen LogP contribution in [-0.4, -0.2) is 13.6 Å². The predicted octanol–water partition coefficient (Wildman–Crippen LogP) is 2.83. The predicted molar refractivity (Wildman–Crippen MR) is 56.8 cm³/mol. The summed E-state index contributed by atoms with van der Waals surface area (Å²) in [5.41, 5.74) is 0. The van der Waals surface area contributed by atoms with E-state index in [0.717, 1.165) is 11.8 Å². The van der Waals surface area contributed by atoms with Crippen LogP contribution in [0.4, 0.5) is 0 Å². The van der Waals surface area contributed by atoms with Gasteiger partial charge in [-0.2, -0.15) is 0 Å². The first-order valence-electron chi connectivity index (χ1n) is 4.21. The van der Waals surface area contributed by atoms with Gasteiger partial charge >= 0.3 is 0 Å².